The van der Waals surface area contributed by atoms with Gasteiger partial charge in [0.05, 0.1) is 16.3 Å². The molecule has 0 fully saturated rings. The summed E-state index contributed by atoms with van der Waals surface area (Å²) in [5, 5.41) is 5.70. The molecule has 1 unspecified atom stereocenters. The summed E-state index contributed by atoms with van der Waals surface area (Å²) >= 11 is 2.76. The molecule has 0 saturated carbocycles. The van der Waals surface area contributed by atoms with Gasteiger partial charge in [-0.05, 0) is 62.6 Å². The number of thioether (sulfide) groups is 1. The lowest BCUT2D eigenvalue weighted by atomic mass is 9.97. The molecule has 5 nitrogen and oxygen atoms in total. The van der Waals surface area contributed by atoms with Gasteiger partial charge in [-0.15, -0.1) is 11.3 Å². The molecule has 1 amide bonds. The van der Waals surface area contributed by atoms with E-state index >= 15 is 0 Å². The Morgan fingerprint density at radius 2 is 2.10 bits per heavy atom. The number of allylic oxidation sites excluding steroid dienone is 1. The summed E-state index contributed by atoms with van der Waals surface area (Å²) in [6.45, 7) is 2.51. The summed E-state index contributed by atoms with van der Waals surface area (Å²) in [5.74, 6) is -0.0310. The van der Waals surface area contributed by atoms with Crippen LogP contribution in [0, 0.1) is 0 Å². The molecule has 1 aromatic carbocycles. The van der Waals surface area contributed by atoms with E-state index in [4.69, 9.17) is 4.98 Å². The van der Waals surface area contributed by atoms with Crippen molar-refractivity contribution < 1.29 is 4.79 Å². The van der Waals surface area contributed by atoms with Crippen LogP contribution in [0.3, 0.4) is 0 Å². The van der Waals surface area contributed by atoms with Gasteiger partial charge in [-0.2, -0.15) is 0 Å². The van der Waals surface area contributed by atoms with Crippen LogP contribution in [0.2, 0.25) is 0 Å². The zero-order valence-corrected chi connectivity index (χ0v) is 18.6. The molecule has 0 saturated heterocycles. The number of thiophene rings is 1. The maximum atomic E-state index is 13.1. The number of para-hydroxylation sites is 1. The Morgan fingerprint density at radius 1 is 1.27 bits per heavy atom. The summed E-state index contributed by atoms with van der Waals surface area (Å²) in [5.41, 5.74) is 2.10. The maximum Gasteiger partial charge on any atom is 0.267 e. The van der Waals surface area contributed by atoms with Gasteiger partial charge in [0.2, 0.25) is 5.91 Å². The average molecular weight is 440 g/mol. The van der Waals surface area contributed by atoms with Crippen LogP contribution in [-0.4, -0.2) is 27.3 Å². The fourth-order valence-electron chi connectivity index (χ4n) is 3.61. The molecule has 0 spiro atoms. The topological polar surface area (TPSA) is 64.0 Å². The van der Waals surface area contributed by atoms with E-state index in [0.717, 1.165) is 24.9 Å². The minimum absolute atomic E-state index is 0.0310. The monoisotopic (exact) mass is 439 g/mol. The van der Waals surface area contributed by atoms with Gasteiger partial charge in [0.25, 0.3) is 5.56 Å². The minimum Gasteiger partial charge on any atom is -0.355 e. The zero-order chi connectivity index (χ0) is 20.9. The van der Waals surface area contributed by atoms with Crippen LogP contribution >= 0.6 is 23.1 Å². The molecule has 156 valence electrons. The summed E-state index contributed by atoms with van der Waals surface area (Å²) in [4.78, 5) is 31.2. The Bertz CT molecular complexity index is 1120. The summed E-state index contributed by atoms with van der Waals surface area (Å²) in [7, 11) is 0. The Kier molecular flexibility index (Phi) is 6.69. The molecule has 2 heterocycles. The number of benzene rings is 1. The van der Waals surface area contributed by atoms with Gasteiger partial charge in [0.15, 0.2) is 5.16 Å². The van der Waals surface area contributed by atoms with Crippen LogP contribution in [0.25, 0.3) is 15.9 Å². The van der Waals surface area contributed by atoms with Crippen molar-refractivity contribution in [3.63, 3.8) is 0 Å². The number of nitrogens with one attached hydrogen (secondary N) is 1. The normalized spacial score (nSPS) is 15.0. The van der Waals surface area contributed by atoms with Gasteiger partial charge in [-0.3, -0.25) is 14.2 Å². The van der Waals surface area contributed by atoms with Crippen molar-refractivity contribution in [1.82, 2.24) is 14.9 Å². The first-order valence-electron chi connectivity index (χ1n) is 10.3. The van der Waals surface area contributed by atoms with Crippen molar-refractivity contribution in [1.29, 1.82) is 0 Å². The molecular formula is C23H25N3O2S2. The van der Waals surface area contributed by atoms with E-state index in [-0.39, 0.29) is 16.7 Å². The Labute approximate surface area is 184 Å². The minimum atomic E-state index is -0.357. The maximum absolute atomic E-state index is 13.1. The van der Waals surface area contributed by atoms with Crippen molar-refractivity contribution in [2.24, 2.45) is 0 Å². The Balaban J connectivity index is 1.51. The first kappa shape index (κ1) is 20.9. The quantitative estimate of drug-likeness (QED) is 0.322. The summed E-state index contributed by atoms with van der Waals surface area (Å²) < 4.78 is 1.61. The van der Waals surface area contributed by atoms with Gasteiger partial charge in [-0.1, -0.05) is 41.6 Å². The standard InChI is InChI=1S/C23H25N3O2S2/c1-16(20(27)24-14-12-17-8-4-2-5-9-17)30-23-25-21-19(13-15-29-21)22(28)26(23)18-10-6-3-7-11-18/h3,6-8,10-11,13,15-16H,2,4-5,9,12,14H2,1H3,(H,24,27). The number of rotatable bonds is 7. The van der Waals surface area contributed by atoms with Crippen LogP contribution in [-0.2, 0) is 4.79 Å². The highest BCUT2D eigenvalue weighted by Crippen LogP contribution is 2.27. The average Bonchev–Trinajstić information content (AvgIpc) is 3.24. The summed E-state index contributed by atoms with van der Waals surface area (Å²) in [6, 6.07) is 11.3. The molecule has 0 radical (unpaired) electrons. The van der Waals surface area contributed by atoms with Crippen LogP contribution in [0.4, 0.5) is 0 Å². The van der Waals surface area contributed by atoms with Gasteiger partial charge in [-0.25, -0.2) is 4.98 Å². The molecule has 4 rings (SSSR count). The molecular weight excluding hydrogens is 414 g/mol. The lowest BCUT2D eigenvalue weighted by molar-refractivity contribution is -0.120. The third-order valence-corrected chi connectivity index (χ3v) is 7.12. The number of fused-ring (bicyclic) bond motifs is 1. The second-order valence-corrected chi connectivity index (χ2v) is 9.62. The van der Waals surface area contributed by atoms with E-state index in [2.05, 4.69) is 11.4 Å². The summed E-state index contributed by atoms with van der Waals surface area (Å²) in [6.07, 6.45) is 8.05. The lowest BCUT2D eigenvalue weighted by Crippen LogP contribution is -2.32. The zero-order valence-electron chi connectivity index (χ0n) is 17.0. The number of hydrogen-bond acceptors (Lipinski definition) is 5. The second kappa shape index (κ2) is 9.62. The Hall–Kier alpha value is -2.38. The van der Waals surface area contributed by atoms with Crippen LogP contribution in [0.1, 0.15) is 39.0 Å². The predicted molar refractivity (Wildman–Crippen MR) is 125 cm³/mol. The third-order valence-electron chi connectivity index (χ3n) is 5.26. The second-order valence-electron chi connectivity index (χ2n) is 7.42. The molecule has 0 aliphatic heterocycles. The highest BCUT2D eigenvalue weighted by molar-refractivity contribution is 8.00. The number of carbonyl (C=O) groups excluding carboxylic acids is 1. The van der Waals surface area contributed by atoms with E-state index in [1.165, 1.54) is 41.5 Å². The molecule has 30 heavy (non-hydrogen) atoms. The molecule has 1 atom stereocenters. The smallest absolute Gasteiger partial charge is 0.267 e. The predicted octanol–water partition coefficient (Wildman–Crippen LogP) is 4.93. The van der Waals surface area contributed by atoms with Crippen molar-refractivity contribution in [3.8, 4) is 5.69 Å². The first-order valence-corrected chi connectivity index (χ1v) is 12.1. The van der Waals surface area contributed by atoms with Crippen molar-refractivity contribution in [3.05, 3.63) is 63.8 Å². The van der Waals surface area contributed by atoms with Gasteiger partial charge in [0, 0.05) is 6.54 Å². The van der Waals surface area contributed by atoms with Crippen LogP contribution < -0.4 is 10.9 Å². The fourth-order valence-corrected chi connectivity index (χ4v) is 5.37. The highest BCUT2D eigenvalue weighted by Gasteiger charge is 2.20. The molecule has 1 N–H and O–H groups in total. The number of aromatic nitrogens is 2. The number of amides is 1. The van der Waals surface area contributed by atoms with Gasteiger partial charge in [0.1, 0.15) is 4.83 Å². The molecule has 7 heteroatoms. The van der Waals surface area contributed by atoms with E-state index in [0.29, 0.717) is 21.9 Å². The number of carbonyl (C=O) groups is 1. The van der Waals surface area contributed by atoms with Crippen LogP contribution in [0.15, 0.2) is 63.4 Å². The molecule has 0 bridgehead atoms. The van der Waals surface area contributed by atoms with Crippen molar-refractivity contribution in [2.75, 3.05) is 6.54 Å². The first-order chi connectivity index (χ1) is 14.6. The Morgan fingerprint density at radius 3 is 2.87 bits per heavy atom. The van der Waals surface area contributed by atoms with E-state index < -0.39 is 0 Å². The molecule has 2 aromatic heterocycles. The van der Waals surface area contributed by atoms with E-state index in [1.54, 1.807) is 10.6 Å². The fraction of sp³-hybridized carbons (Fsp3) is 0.348. The molecule has 1 aliphatic rings. The van der Waals surface area contributed by atoms with E-state index in [9.17, 15) is 9.59 Å². The number of nitrogens with zero attached hydrogens (tertiary/aromatic N) is 2. The SMILES string of the molecule is CC(Sc1nc2sccc2c(=O)n1-c1ccccc1)C(=O)NCCC1=CCCCC1. The number of hydrogen-bond donors (Lipinski definition) is 1. The highest BCUT2D eigenvalue weighted by atomic mass is 32.2. The third kappa shape index (κ3) is 4.68. The van der Waals surface area contributed by atoms with Crippen molar-refractivity contribution >= 4 is 39.2 Å². The molecule has 3 aromatic rings. The van der Waals surface area contributed by atoms with Crippen molar-refractivity contribution in [2.45, 2.75) is 49.4 Å². The van der Waals surface area contributed by atoms with Gasteiger partial charge >= 0.3 is 0 Å². The largest absolute Gasteiger partial charge is 0.355 e. The van der Waals surface area contributed by atoms with Crippen LogP contribution in [0.5, 0.6) is 0 Å². The molecule has 1 aliphatic carbocycles. The van der Waals surface area contributed by atoms with Gasteiger partial charge < -0.3 is 5.32 Å². The van der Waals surface area contributed by atoms with E-state index in [1.807, 2.05) is 42.6 Å². The lowest BCUT2D eigenvalue weighted by Gasteiger charge is -2.16.